The number of aryl methyl sites for hydroxylation is 1. The Hall–Kier alpha value is -2.11. The van der Waals surface area contributed by atoms with E-state index in [4.69, 9.17) is 0 Å². The summed E-state index contributed by atoms with van der Waals surface area (Å²) in [4.78, 5) is 9.14. The van der Waals surface area contributed by atoms with Crippen LogP contribution in [0.3, 0.4) is 0 Å². The van der Waals surface area contributed by atoms with Gasteiger partial charge in [0.1, 0.15) is 10.8 Å². The Labute approximate surface area is 147 Å². The van der Waals surface area contributed by atoms with Crippen molar-refractivity contribution in [3.8, 4) is 0 Å². The van der Waals surface area contributed by atoms with Gasteiger partial charge >= 0.3 is 0 Å². The van der Waals surface area contributed by atoms with Crippen LogP contribution < -0.4 is 5.32 Å². The number of nitrogens with one attached hydrogen (secondary N) is 1. The number of rotatable bonds is 6. The minimum atomic E-state index is 0.0400. The average molecular weight is 338 g/mol. The molecule has 0 aliphatic rings. The van der Waals surface area contributed by atoms with Crippen molar-refractivity contribution < 1.29 is 0 Å². The molecule has 0 saturated carbocycles. The maximum Gasteiger partial charge on any atom is 0.145 e. The molecule has 0 bridgehead atoms. The summed E-state index contributed by atoms with van der Waals surface area (Å²) in [6, 6.07) is 14.6. The fourth-order valence-corrected chi connectivity index (χ4v) is 3.20. The van der Waals surface area contributed by atoms with Crippen molar-refractivity contribution in [2.24, 2.45) is 0 Å². The van der Waals surface area contributed by atoms with Crippen LogP contribution in [0.2, 0.25) is 0 Å². The summed E-state index contributed by atoms with van der Waals surface area (Å²) in [6.45, 7) is 7.01. The van der Waals surface area contributed by atoms with Crippen molar-refractivity contribution in [2.45, 2.75) is 39.3 Å². The second kappa shape index (κ2) is 7.64. The third kappa shape index (κ3) is 4.04. The van der Waals surface area contributed by atoms with E-state index in [2.05, 4.69) is 70.8 Å². The van der Waals surface area contributed by atoms with Crippen molar-refractivity contribution in [3.05, 3.63) is 76.3 Å². The first kappa shape index (κ1) is 16.7. The maximum absolute atomic E-state index is 4.61. The molecule has 1 N–H and O–H groups in total. The smallest absolute Gasteiger partial charge is 0.145 e. The first-order valence-electron chi connectivity index (χ1n) is 8.17. The number of hydrogen-bond acceptors (Lipinski definition) is 5. The zero-order valence-electron chi connectivity index (χ0n) is 14.2. The van der Waals surface area contributed by atoms with E-state index in [9.17, 15) is 0 Å². The van der Waals surface area contributed by atoms with E-state index in [0.717, 1.165) is 16.5 Å². The SMILES string of the molecule is Cc1ccc(C(NCc2nc(C(C)C)ns2)c2ccccn2)cc1. The van der Waals surface area contributed by atoms with Gasteiger partial charge in [-0.3, -0.25) is 10.3 Å². The summed E-state index contributed by atoms with van der Waals surface area (Å²) in [7, 11) is 0. The first-order valence-corrected chi connectivity index (χ1v) is 8.94. The van der Waals surface area contributed by atoms with Gasteiger partial charge in [0, 0.05) is 12.1 Å². The van der Waals surface area contributed by atoms with Crippen molar-refractivity contribution in [3.63, 3.8) is 0 Å². The molecule has 1 atom stereocenters. The summed E-state index contributed by atoms with van der Waals surface area (Å²) < 4.78 is 4.43. The van der Waals surface area contributed by atoms with Crippen LogP contribution in [0.5, 0.6) is 0 Å². The molecule has 0 fully saturated rings. The van der Waals surface area contributed by atoms with Gasteiger partial charge in [0.05, 0.1) is 18.3 Å². The normalized spacial score (nSPS) is 12.5. The van der Waals surface area contributed by atoms with Gasteiger partial charge in [-0.25, -0.2) is 4.98 Å². The van der Waals surface area contributed by atoms with Gasteiger partial charge in [-0.05, 0) is 36.2 Å². The Bertz CT molecular complexity index is 766. The van der Waals surface area contributed by atoms with E-state index in [1.165, 1.54) is 22.7 Å². The van der Waals surface area contributed by atoms with Crippen molar-refractivity contribution in [1.82, 2.24) is 19.7 Å². The summed E-state index contributed by atoms with van der Waals surface area (Å²) in [5.74, 6) is 1.28. The van der Waals surface area contributed by atoms with Crippen molar-refractivity contribution in [1.29, 1.82) is 0 Å². The second-order valence-corrected chi connectivity index (χ2v) is 7.02. The van der Waals surface area contributed by atoms with E-state index in [1.807, 2.05) is 18.3 Å². The second-order valence-electron chi connectivity index (χ2n) is 6.18. The fraction of sp³-hybridized carbons (Fsp3) is 0.316. The standard InChI is InChI=1S/C19H22N4S/c1-13(2)19-22-17(24-23-19)12-21-18(16-6-4-5-11-20-16)15-9-7-14(3)8-10-15/h4-11,13,18,21H,12H2,1-3H3. The summed E-state index contributed by atoms with van der Waals surface area (Å²) >= 11 is 1.47. The number of nitrogens with zero attached hydrogens (tertiary/aromatic N) is 3. The van der Waals surface area contributed by atoms with E-state index in [-0.39, 0.29) is 6.04 Å². The van der Waals surface area contributed by atoms with Crippen LogP contribution in [-0.4, -0.2) is 14.3 Å². The zero-order valence-corrected chi connectivity index (χ0v) is 15.0. The van der Waals surface area contributed by atoms with Gasteiger partial charge in [0.25, 0.3) is 0 Å². The van der Waals surface area contributed by atoms with Gasteiger partial charge in [-0.1, -0.05) is 49.7 Å². The van der Waals surface area contributed by atoms with Crippen molar-refractivity contribution in [2.75, 3.05) is 0 Å². The molecule has 124 valence electrons. The molecule has 0 saturated heterocycles. The lowest BCUT2D eigenvalue weighted by molar-refractivity contribution is 0.588. The van der Waals surface area contributed by atoms with Gasteiger partial charge in [-0.2, -0.15) is 4.37 Å². The van der Waals surface area contributed by atoms with Gasteiger partial charge < -0.3 is 0 Å². The molecule has 0 amide bonds. The summed E-state index contributed by atoms with van der Waals surface area (Å²) in [6.07, 6.45) is 1.83. The van der Waals surface area contributed by atoms with Crippen LogP contribution in [0, 0.1) is 6.92 Å². The largest absolute Gasteiger partial charge is 0.298 e. The van der Waals surface area contributed by atoms with Crippen LogP contribution in [0.25, 0.3) is 0 Å². The Morgan fingerprint density at radius 3 is 2.50 bits per heavy atom. The van der Waals surface area contributed by atoms with Crippen LogP contribution in [0.1, 0.15) is 53.5 Å². The monoisotopic (exact) mass is 338 g/mol. The van der Waals surface area contributed by atoms with Crippen LogP contribution in [0.4, 0.5) is 0 Å². The summed E-state index contributed by atoms with van der Waals surface area (Å²) in [5.41, 5.74) is 3.46. The molecule has 24 heavy (non-hydrogen) atoms. The van der Waals surface area contributed by atoms with Crippen LogP contribution >= 0.6 is 11.5 Å². The molecule has 3 aromatic rings. The molecule has 2 heterocycles. The van der Waals surface area contributed by atoms with E-state index < -0.39 is 0 Å². The van der Waals surface area contributed by atoms with E-state index in [1.54, 1.807) is 0 Å². The lowest BCUT2D eigenvalue weighted by Gasteiger charge is -2.18. The van der Waals surface area contributed by atoms with Crippen molar-refractivity contribution >= 4 is 11.5 Å². The molecule has 3 rings (SSSR count). The molecule has 1 aromatic carbocycles. The predicted molar refractivity (Wildman–Crippen MR) is 98.1 cm³/mol. The molecule has 4 nitrogen and oxygen atoms in total. The maximum atomic E-state index is 4.61. The number of benzene rings is 1. The number of pyridine rings is 1. The molecule has 5 heteroatoms. The minimum absolute atomic E-state index is 0.0400. The zero-order chi connectivity index (χ0) is 16.9. The highest BCUT2D eigenvalue weighted by Crippen LogP contribution is 2.22. The van der Waals surface area contributed by atoms with Gasteiger partial charge in [-0.15, -0.1) is 0 Å². The quantitative estimate of drug-likeness (QED) is 0.730. The third-order valence-corrected chi connectivity index (χ3v) is 4.58. The molecular formula is C19H22N4S. The lowest BCUT2D eigenvalue weighted by atomic mass is 10.0. The highest BCUT2D eigenvalue weighted by molar-refractivity contribution is 7.05. The van der Waals surface area contributed by atoms with E-state index in [0.29, 0.717) is 12.5 Å². The van der Waals surface area contributed by atoms with Gasteiger partial charge in [0.2, 0.25) is 0 Å². The van der Waals surface area contributed by atoms with Gasteiger partial charge in [0.15, 0.2) is 0 Å². The Balaban J connectivity index is 1.80. The molecule has 0 radical (unpaired) electrons. The molecule has 1 unspecified atom stereocenters. The molecule has 0 aliphatic carbocycles. The fourth-order valence-electron chi connectivity index (χ4n) is 2.46. The van der Waals surface area contributed by atoms with E-state index >= 15 is 0 Å². The Morgan fingerprint density at radius 1 is 1.08 bits per heavy atom. The predicted octanol–water partition coefficient (Wildman–Crippen LogP) is 4.24. The molecular weight excluding hydrogens is 316 g/mol. The third-order valence-electron chi connectivity index (χ3n) is 3.85. The lowest BCUT2D eigenvalue weighted by Crippen LogP contribution is -2.23. The number of aromatic nitrogens is 3. The topological polar surface area (TPSA) is 50.7 Å². The molecule has 2 aromatic heterocycles. The highest BCUT2D eigenvalue weighted by Gasteiger charge is 2.16. The molecule has 0 aliphatic heterocycles. The average Bonchev–Trinajstić information content (AvgIpc) is 3.07. The van der Waals surface area contributed by atoms with Crippen LogP contribution in [0.15, 0.2) is 48.7 Å². The number of hydrogen-bond donors (Lipinski definition) is 1. The Kier molecular flexibility index (Phi) is 5.33. The Morgan fingerprint density at radius 2 is 1.88 bits per heavy atom. The highest BCUT2D eigenvalue weighted by atomic mass is 32.1. The summed E-state index contributed by atoms with van der Waals surface area (Å²) in [5, 5.41) is 4.59. The molecule has 0 spiro atoms. The minimum Gasteiger partial charge on any atom is -0.298 e. The first-order chi connectivity index (χ1) is 11.6. The van der Waals surface area contributed by atoms with Crippen LogP contribution in [-0.2, 0) is 6.54 Å².